The van der Waals surface area contributed by atoms with Gasteiger partial charge in [-0.1, -0.05) is 0 Å². The second-order valence-electron chi connectivity index (χ2n) is 6.56. The number of rotatable bonds is 4. The highest BCUT2D eigenvalue weighted by Gasteiger charge is 2.40. The highest BCUT2D eigenvalue weighted by Crippen LogP contribution is 2.39. The normalized spacial score (nSPS) is 42.3. The van der Waals surface area contributed by atoms with Crippen LogP contribution in [0.1, 0.15) is 51.4 Å². The maximum Gasteiger partial charge on any atom is 0.0577 e. The van der Waals surface area contributed by atoms with Gasteiger partial charge in [0.05, 0.1) is 12.2 Å². The first-order chi connectivity index (χ1) is 8.74. The first-order valence-corrected chi connectivity index (χ1v) is 7.75. The number of fused-ring (bicyclic) bond motifs is 2. The minimum Gasteiger partial charge on any atom is -0.393 e. The molecule has 3 heteroatoms. The number of aliphatic hydroxyl groups excluding tert-OH is 1. The van der Waals surface area contributed by atoms with Crippen LogP contribution in [-0.4, -0.2) is 48.0 Å². The van der Waals surface area contributed by atoms with E-state index in [4.69, 9.17) is 4.74 Å². The van der Waals surface area contributed by atoms with Gasteiger partial charge in [0.1, 0.15) is 0 Å². The molecule has 0 radical (unpaired) electrons. The number of piperidine rings is 1. The zero-order chi connectivity index (χ0) is 12.5. The Bertz CT molecular complexity index is 264. The Morgan fingerprint density at radius 3 is 2.56 bits per heavy atom. The molecule has 104 valence electrons. The van der Waals surface area contributed by atoms with E-state index in [0.29, 0.717) is 12.0 Å². The van der Waals surface area contributed by atoms with Crippen LogP contribution >= 0.6 is 0 Å². The number of hydrogen-bond donors (Lipinski definition) is 1. The predicted octanol–water partition coefficient (Wildman–Crippen LogP) is 2.18. The molecule has 0 aliphatic carbocycles. The SMILES string of the molecule is CN1C2CCC1CC(C(O)CCC1CCCO1)C2. The molecule has 3 aliphatic rings. The summed E-state index contributed by atoms with van der Waals surface area (Å²) in [4.78, 5) is 2.54. The molecule has 0 aromatic carbocycles. The van der Waals surface area contributed by atoms with Gasteiger partial charge in [0.15, 0.2) is 0 Å². The molecule has 1 N–H and O–H groups in total. The third-order valence-corrected chi connectivity index (χ3v) is 5.49. The molecule has 3 fully saturated rings. The Hall–Kier alpha value is -0.120. The zero-order valence-corrected chi connectivity index (χ0v) is 11.6. The smallest absolute Gasteiger partial charge is 0.0577 e. The molecule has 0 aromatic rings. The van der Waals surface area contributed by atoms with Crippen LogP contribution in [0, 0.1) is 5.92 Å². The zero-order valence-electron chi connectivity index (χ0n) is 11.6. The summed E-state index contributed by atoms with van der Waals surface area (Å²) in [7, 11) is 2.26. The summed E-state index contributed by atoms with van der Waals surface area (Å²) in [6, 6.07) is 1.48. The van der Waals surface area contributed by atoms with Gasteiger partial charge in [-0.15, -0.1) is 0 Å². The second-order valence-corrected chi connectivity index (χ2v) is 6.56. The van der Waals surface area contributed by atoms with Crippen molar-refractivity contribution in [2.24, 2.45) is 5.92 Å². The Labute approximate surface area is 110 Å². The minimum absolute atomic E-state index is 0.0917. The van der Waals surface area contributed by atoms with E-state index in [1.54, 1.807) is 0 Å². The standard InChI is InChI=1S/C15H27NO2/c1-16-12-4-5-13(16)10-11(9-12)15(17)7-6-14-3-2-8-18-14/h11-15,17H,2-10H2,1H3. The molecule has 2 bridgehead atoms. The lowest BCUT2D eigenvalue weighted by Crippen LogP contribution is -2.43. The maximum absolute atomic E-state index is 10.4. The molecular weight excluding hydrogens is 226 g/mol. The summed E-state index contributed by atoms with van der Waals surface area (Å²) in [6.45, 7) is 0.930. The van der Waals surface area contributed by atoms with Gasteiger partial charge in [0.25, 0.3) is 0 Å². The van der Waals surface area contributed by atoms with E-state index in [1.165, 1.54) is 38.5 Å². The molecule has 3 nitrogen and oxygen atoms in total. The van der Waals surface area contributed by atoms with Crippen LogP contribution in [0.25, 0.3) is 0 Å². The van der Waals surface area contributed by atoms with Gasteiger partial charge in [-0.2, -0.15) is 0 Å². The van der Waals surface area contributed by atoms with E-state index in [-0.39, 0.29) is 6.10 Å². The van der Waals surface area contributed by atoms with Crippen LogP contribution in [0.2, 0.25) is 0 Å². The van der Waals surface area contributed by atoms with Gasteiger partial charge >= 0.3 is 0 Å². The van der Waals surface area contributed by atoms with Crippen molar-refractivity contribution >= 4 is 0 Å². The van der Waals surface area contributed by atoms with Crippen molar-refractivity contribution < 1.29 is 9.84 Å². The lowest BCUT2D eigenvalue weighted by atomic mass is 9.84. The van der Waals surface area contributed by atoms with Crippen LogP contribution in [0.5, 0.6) is 0 Å². The van der Waals surface area contributed by atoms with Crippen LogP contribution in [-0.2, 0) is 4.74 Å². The maximum atomic E-state index is 10.4. The van der Waals surface area contributed by atoms with Gasteiger partial charge in [-0.3, -0.25) is 0 Å². The lowest BCUT2D eigenvalue weighted by molar-refractivity contribution is 0.0187. The fraction of sp³-hybridized carbons (Fsp3) is 1.00. The van der Waals surface area contributed by atoms with E-state index in [2.05, 4.69) is 11.9 Å². The quantitative estimate of drug-likeness (QED) is 0.833. The molecule has 3 saturated heterocycles. The third kappa shape index (κ3) is 2.59. The van der Waals surface area contributed by atoms with Crippen LogP contribution in [0.4, 0.5) is 0 Å². The van der Waals surface area contributed by atoms with Crippen molar-refractivity contribution in [2.75, 3.05) is 13.7 Å². The van der Waals surface area contributed by atoms with Gasteiger partial charge in [-0.05, 0) is 64.3 Å². The van der Waals surface area contributed by atoms with E-state index < -0.39 is 0 Å². The first kappa shape index (κ1) is 12.9. The Morgan fingerprint density at radius 1 is 1.22 bits per heavy atom. The highest BCUT2D eigenvalue weighted by atomic mass is 16.5. The van der Waals surface area contributed by atoms with Crippen LogP contribution < -0.4 is 0 Å². The minimum atomic E-state index is -0.0917. The summed E-state index contributed by atoms with van der Waals surface area (Å²) in [5, 5.41) is 10.4. The summed E-state index contributed by atoms with van der Waals surface area (Å²) in [5.74, 6) is 0.542. The molecule has 0 saturated carbocycles. The largest absolute Gasteiger partial charge is 0.393 e. The summed E-state index contributed by atoms with van der Waals surface area (Å²) < 4.78 is 5.64. The van der Waals surface area contributed by atoms with E-state index in [0.717, 1.165) is 31.5 Å². The Balaban J connectivity index is 1.46. The van der Waals surface area contributed by atoms with Gasteiger partial charge in [0.2, 0.25) is 0 Å². The van der Waals surface area contributed by atoms with Crippen molar-refractivity contribution in [1.29, 1.82) is 0 Å². The second kappa shape index (κ2) is 5.48. The van der Waals surface area contributed by atoms with E-state index in [9.17, 15) is 5.11 Å². The molecule has 4 atom stereocenters. The van der Waals surface area contributed by atoms with E-state index >= 15 is 0 Å². The molecular formula is C15H27NO2. The molecule has 4 unspecified atom stereocenters. The molecule has 0 aromatic heterocycles. The van der Waals surface area contributed by atoms with Crippen molar-refractivity contribution in [3.8, 4) is 0 Å². The molecule has 3 heterocycles. The highest BCUT2D eigenvalue weighted by molar-refractivity contribution is 4.95. The molecule has 0 spiro atoms. The Morgan fingerprint density at radius 2 is 1.94 bits per heavy atom. The van der Waals surface area contributed by atoms with Crippen molar-refractivity contribution in [3.63, 3.8) is 0 Å². The number of ether oxygens (including phenoxy) is 1. The fourth-order valence-corrected chi connectivity index (χ4v) is 4.23. The monoisotopic (exact) mass is 253 g/mol. The molecule has 3 aliphatic heterocycles. The fourth-order valence-electron chi connectivity index (χ4n) is 4.23. The van der Waals surface area contributed by atoms with Gasteiger partial charge in [-0.25, -0.2) is 0 Å². The summed E-state index contributed by atoms with van der Waals surface area (Å²) in [5.41, 5.74) is 0. The van der Waals surface area contributed by atoms with Crippen molar-refractivity contribution in [2.45, 2.75) is 75.7 Å². The summed E-state index contributed by atoms with van der Waals surface area (Å²) >= 11 is 0. The van der Waals surface area contributed by atoms with Crippen molar-refractivity contribution in [1.82, 2.24) is 4.90 Å². The lowest BCUT2D eigenvalue weighted by Gasteiger charge is -2.38. The number of aliphatic hydroxyl groups is 1. The van der Waals surface area contributed by atoms with E-state index in [1.807, 2.05) is 0 Å². The molecule has 3 rings (SSSR count). The number of nitrogens with zero attached hydrogens (tertiary/aromatic N) is 1. The topological polar surface area (TPSA) is 32.7 Å². The average molecular weight is 253 g/mol. The van der Waals surface area contributed by atoms with Gasteiger partial charge in [0, 0.05) is 18.7 Å². The van der Waals surface area contributed by atoms with Crippen molar-refractivity contribution in [3.05, 3.63) is 0 Å². The van der Waals surface area contributed by atoms with Gasteiger partial charge < -0.3 is 14.7 Å². The molecule has 18 heavy (non-hydrogen) atoms. The Kier molecular flexibility index (Phi) is 3.92. The number of hydrogen-bond acceptors (Lipinski definition) is 3. The first-order valence-electron chi connectivity index (χ1n) is 7.75. The predicted molar refractivity (Wildman–Crippen MR) is 71.5 cm³/mol. The third-order valence-electron chi connectivity index (χ3n) is 5.49. The van der Waals surface area contributed by atoms with Crippen LogP contribution in [0.15, 0.2) is 0 Å². The molecule has 0 amide bonds. The van der Waals surface area contributed by atoms with Crippen LogP contribution in [0.3, 0.4) is 0 Å². The summed E-state index contributed by atoms with van der Waals surface area (Å²) in [6.07, 6.45) is 9.85. The average Bonchev–Trinajstić information content (AvgIpc) is 2.93.